The molecule has 3 aromatic carbocycles. The number of hydrogen-bond donors (Lipinski definition) is 2. The lowest BCUT2D eigenvalue weighted by atomic mass is 10.1. The molecule has 0 unspecified atom stereocenters. The molecule has 3 rings (SSSR count). The van der Waals surface area contributed by atoms with E-state index >= 15 is 0 Å². The van der Waals surface area contributed by atoms with Gasteiger partial charge in [0.1, 0.15) is 5.75 Å². The van der Waals surface area contributed by atoms with Gasteiger partial charge in [0, 0.05) is 16.9 Å². The van der Waals surface area contributed by atoms with Crippen LogP contribution in [0.25, 0.3) is 0 Å². The Morgan fingerprint density at radius 1 is 0.900 bits per heavy atom. The molecule has 0 aliphatic carbocycles. The normalized spacial score (nSPS) is 11.4. The minimum absolute atomic E-state index is 0.197. The largest absolute Gasteiger partial charge is 0.481 e. The molecule has 0 bridgehead atoms. The molecule has 0 fully saturated rings. The molecule has 3 aromatic rings. The molecular weight excluding hydrogens is 376 g/mol. The molecule has 154 valence electrons. The van der Waals surface area contributed by atoms with Gasteiger partial charge in [-0.05, 0) is 73.9 Å². The number of benzene rings is 3. The lowest BCUT2D eigenvalue weighted by Crippen LogP contribution is -2.30. The maximum absolute atomic E-state index is 12.4. The second-order valence-corrected chi connectivity index (χ2v) is 7.09. The van der Waals surface area contributed by atoms with Crippen molar-refractivity contribution in [3.8, 4) is 5.75 Å². The standard InChI is InChI=1S/C25H26N2O3/c1-4-19-9-13-21(14-10-19)26-24(28)18(3)30-22-15-11-20(12-16-22)25(29)27-23-8-6-5-7-17(23)2/h5-16,18H,4H2,1-3H3,(H,26,28)(H,27,29)/t18-/m1/s1. The molecule has 2 amide bonds. The van der Waals surface area contributed by atoms with Crippen LogP contribution in [0.5, 0.6) is 5.75 Å². The Kier molecular flexibility index (Phi) is 6.86. The summed E-state index contributed by atoms with van der Waals surface area (Å²) in [6.07, 6.45) is 0.273. The van der Waals surface area contributed by atoms with E-state index in [1.54, 1.807) is 31.2 Å². The predicted molar refractivity (Wildman–Crippen MR) is 120 cm³/mol. The number of hydrogen-bond acceptors (Lipinski definition) is 3. The molecule has 1 atom stereocenters. The third kappa shape index (κ3) is 5.47. The summed E-state index contributed by atoms with van der Waals surface area (Å²) in [7, 11) is 0. The summed E-state index contributed by atoms with van der Waals surface area (Å²) in [4.78, 5) is 24.8. The molecular formula is C25H26N2O3. The van der Waals surface area contributed by atoms with Gasteiger partial charge in [0.15, 0.2) is 6.10 Å². The smallest absolute Gasteiger partial charge is 0.265 e. The average Bonchev–Trinajstić information content (AvgIpc) is 2.76. The molecule has 0 aliphatic rings. The minimum atomic E-state index is -0.678. The Balaban J connectivity index is 1.56. The van der Waals surface area contributed by atoms with Gasteiger partial charge in [-0.2, -0.15) is 0 Å². The van der Waals surface area contributed by atoms with Crippen LogP contribution in [0, 0.1) is 6.92 Å². The number of rotatable bonds is 7. The first kappa shape index (κ1) is 21.1. The van der Waals surface area contributed by atoms with Gasteiger partial charge >= 0.3 is 0 Å². The van der Waals surface area contributed by atoms with Crippen LogP contribution < -0.4 is 15.4 Å². The van der Waals surface area contributed by atoms with Crippen LogP contribution in [0.4, 0.5) is 11.4 Å². The molecule has 2 N–H and O–H groups in total. The molecule has 0 aromatic heterocycles. The van der Waals surface area contributed by atoms with Crippen LogP contribution >= 0.6 is 0 Å². The van der Waals surface area contributed by atoms with Crippen LogP contribution in [0.3, 0.4) is 0 Å². The number of carbonyl (C=O) groups excluding carboxylic acids is 2. The van der Waals surface area contributed by atoms with Gasteiger partial charge in [-0.25, -0.2) is 0 Å². The Labute approximate surface area is 177 Å². The van der Waals surface area contributed by atoms with E-state index in [0.717, 1.165) is 23.4 Å². The number of ether oxygens (including phenoxy) is 1. The molecule has 0 saturated carbocycles. The summed E-state index contributed by atoms with van der Waals surface area (Å²) < 4.78 is 5.72. The fourth-order valence-corrected chi connectivity index (χ4v) is 2.92. The van der Waals surface area contributed by atoms with E-state index in [1.807, 2.05) is 55.5 Å². The summed E-state index contributed by atoms with van der Waals surface area (Å²) in [5.41, 5.74) is 4.23. The molecule has 0 heterocycles. The highest BCUT2D eigenvalue weighted by molar-refractivity contribution is 6.04. The van der Waals surface area contributed by atoms with E-state index in [4.69, 9.17) is 4.74 Å². The van der Waals surface area contributed by atoms with Gasteiger partial charge in [0.2, 0.25) is 0 Å². The quantitative estimate of drug-likeness (QED) is 0.570. The van der Waals surface area contributed by atoms with E-state index in [0.29, 0.717) is 11.3 Å². The van der Waals surface area contributed by atoms with Crippen molar-refractivity contribution in [2.24, 2.45) is 0 Å². The van der Waals surface area contributed by atoms with Crippen LogP contribution in [-0.2, 0) is 11.2 Å². The van der Waals surface area contributed by atoms with E-state index in [9.17, 15) is 9.59 Å². The third-order valence-electron chi connectivity index (χ3n) is 4.82. The number of nitrogens with one attached hydrogen (secondary N) is 2. The molecule has 0 spiro atoms. The zero-order chi connectivity index (χ0) is 21.5. The molecule has 30 heavy (non-hydrogen) atoms. The van der Waals surface area contributed by atoms with Gasteiger partial charge in [-0.15, -0.1) is 0 Å². The van der Waals surface area contributed by atoms with E-state index in [-0.39, 0.29) is 11.8 Å². The van der Waals surface area contributed by atoms with Crippen molar-refractivity contribution < 1.29 is 14.3 Å². The molecule has 5 nitrogen and oxygen atoms in total. The minimum Gasteiger partial charge on any atom is -0.481 e. The first-order valence-corrected chi connectivity index (χ1v) is 9.99. The number of anilines is 2. The highest BCUT2D eigenvalue weighted by Gasteiger charge is 2.15. The number of carbonyl (C=O) groups is 2. The maximum Gasteiger partial charge on any atom is 0.265 e. The summed E-state index contributed by atoms with van der Waals surface area (Å²) in [5.74, 6) is 0.0872. The molecule has 0 radical (unpaired) electrons. The van der Waals surface area contributed by atoms with E-state index in [2.05, 4.69) is 17.6 Å². The Morgan fingerprint density at radius 3 is 2.20 bits per heavy atom. The number of aryl methyl sites for hydroxylation is 2. The fourth-order valence-electron chi connectivity index (χ4n) is 2.92. The van der Waals surface area contributed by atoms with Crippen molar-refractivity contribution in [2.75, 3.05) is 10.6 Å². The highest BCUT2D eigenvalue weighted by atomic mass is 16.5. The van der Waals surface area contributed by atoms with E-state index < -0.39 is 6.10 Å². The monoisotopic (exact) mass is 402 g/mol. The fraction of sp³-hybridized carbons (Fsp3) is 0.200. The maximum atomic E-state index is 12.4. The number of para-hydroxylation sites is 1. The van der Waals surface area contributed by atoms with E-state index in [1.165, 1.54) is 5.56 Å². The average molecular weight is 402 g/mol. The lowest BCUT2D eigenvalue weighted by Gasteiger charge is -2.15. The first-order valence-electron chi connectivity index (χ1n) is 9.99. The van der Waals surface area contributed by atoms with Crippen molar-refractivity contribution >= 4 is 23.2 Å². The Bertz CT molecular complexity index is 1010. The highest BCUT2D eigenvalue weighted by Crippen LogP contribution is 2.18. The Hall–Kier alpha value is -3.60. The van der Waals surface area contributed by atoms with Gasteiger partial charge in [0.25, 0.3) is 11.8 Å². The molecule has 0 aliphatic heterocycles. The van der Waals surface area contributed by atoms with Crippen LogP contribution in [0.15, 0.2) is 72.8 Å². The predicted octanol–water partition coefficient (Wildman–Crippen LogP) is 5.22. The zero-order valence-electron chi connectivity index (χ0n) is 17.4. The first-order chi connectivity index (χ1) is 14.5. The van der Waals surface area contributed by atoms with Crippen LogP contribution in [-0.4, -0.2) is 17.9 Å². The SMILES string of the molecule is CCc1ccc(NC(=O)[C@@H](C)Oc2ccc(C(=O)Nc3ccccc3C)cc2)cc1. The summed E-state index contributed by atoms with van der Waals surface area (Å²) in [6.45, 7) is 5.72. The molecule has 0 saturated heterocycles. The summed E-state index contributed by atoms with van der Waals surface area (Å²) in [5, 5.41) is 5.74. The Morgan fingerprint density at radius 2 is 1.57 bits per heavy atom. The topological polar surface area (TPSA) is 67.4 Å². The van der Waals surface area contributed by atoms with Crippen LogP contribution in [0.1, 0.15) is 35.3 Å². The van der Waals surface area contributed by atoms with Crippen LogP contribution in [0.2, 0.25) is 0 Å². The van der Waals surface area contributed by atoms with Gasteiger partial charge in [-0.1, -0.05) is 37.3 Å². The lowest BCUT2D eigenvalue weighted by molar-refractivity contribution is -0.122. The van der Waals surface area contributed by atoms with Crippen molar-refractivity contribution in [3.63, 3.8) is 0 Å². The second kappa shape index (κ2) is 9.74. The van der Waals surface area contributed by atoms with Gasteiger partial charge in [-0.3, -0.25) is 9.59 Å². The number of amides is 2. The van der Waals surface area contributed by atoms with Crippen molar-refractivity contribution in [2.45, 2.75) is 33.3 Å². The second-order valence-electron chi connectivity index (χ2n) is 7.09. The zero-order valence-corrected chi connectivity index (χ0v) is 17.4. The van der Waals surface area contributed by atoms with Crippen molar-refractivity contribution in [3.05, 3.63) is 89.5 Å². The molecule has 5 heteroatoms. The van der Waals surface area contributed by atoms with Gasteiger partial charge in [0.05, 0.1) is 0 Å². The van der Waals surface area contributed by atoms with Crippen molar-refractivity contribution in [1.29, 1.82) is 0 Å². The van der Waals surface area contributed by atoms with Gasteiger partial charge < -0.3 is 15.4 Å². The summed E-state index contributed by atoms with van der Waals surface area (Å²) >= 11 is 0. The van der Waals surface area contributed by atoms with Crippen molar-refractivity contribution in [1.82, 2.24) is 0 Å². The third-order valence-corrected chi connectivity index (χ3v) is 4.82. The summed E-state index contributed by atoms with van der Waals surface area (Å²) in [6, 6.07) is 22.1.